The molecule has 0 aliphatic carbocycles. The summed E-state index contributed by atoms with van der Waals surface area (Å²) in [7, 11) is 0. The Morgan fingerprint density at radius 1 is 0.737 bits per heavy atom. The molecule has 0 aromatic heterocycles. The molecule has 2 aromatic carbocycles. The number of carbonyl (C=O) groups is 2. The van der Waals surface area contributed by atoms with Gasteiger partial charge in [-0.25, -0.2) is 0 Å². The first kappa shape index (κ1) is 14.2. The van der Waals surface area contributed by atoms with Crippen molar-refractivity contribution in [1.29, 1.82) is 0 Å². The van der Waals surface area contributed by atoms with Crippen LogP contribution in [0.15, 0.2) is 54.6 Å². The Bertz CT molecular complexity index is 551. The quantitative estimate of drug-likeness (QED) is 0.755. The second kappa shape index (κ2) is 6.80. The summed E-state index contributed by atoms with van der Waals surface area (Å²) in [5, 5.41) is 8.79. The normalized spacial score (nSPS) is 9.05. The van der Waals surface area contributed by atoms with Gasteiger partial charge in [-0.1, -0.05) is 18.2 Å². The third kappa shape index (κ3) is 4.91. The summed E-state index contributed by atoms with van der Waals surface area (Å²) in [6.45, 7) is 0. The number of phenolic OH excluding ortho intramolecular Hbond substituents is 1. The van der Waals surface area contributed by atoms with Crippen LogP contribution in [0.1, 0.15) is 20.7 Å². The van der Waals surface area contributed by atoms with E-state index in [4.69, 9.17) is 16.6 Å². The molecule has 5 heteroatoms. The Kier molecular flexibility index (Phi) is 5.10. The Labute approximate surface area is 110 Å². The molecule has 2 rings (SSSR count). The van der Waals surface area contributed by atoms with Crippen LogP contribution in [0.4, 0.5) is 0 Å². The zero-order chi connectivity index (χ0) is 14.3. The summed E-state index contributed by atoms with van der Waals surface area (Å²) in [6, 6.07) is 14.5. The van der Waals surface area contributed by atoms with E-state index < -0.39 is 5.91 Å². The summed E-state index contributed by atoms with van der Waals surface area (Å²) in [6.07, 6.45) is 0. The van der Waals surface area contributed by atoms with Crippen molar-refractivity contribution in [3.05, 3.63) is 65.7 Å². The van der Waals surface area contributed by atoms with Crippen LogP contribution < -0.4 is 11.5 Å². The van der Waals surface area contributed by atoms with Gasteiger partial charge in [-0.3, -0.25) is 9.59 Å². The van der Waals surface area contributed by atoms with Crippen LogP contribution in [0.3, 0.4) is 0 Å². The van der Waals surface area contributed by atoms with E-state index in [9.17, 15) is 9.59 Å². The van der Waals surface area contributed by atoms with Crippen molar-refractivity contribution in [3.8, 4) is 5.75 Å². The first-order valence-electron chi connectivity index (χ1n) is 5.44. The van der Waals surface area contributed by atoms with E-state index >= 15 is 0 Å². The van der Waals surface area contributed by atoms with E-state index in [2.05, 4.69) is 0 Å². The first-order valence-corrected chi connectivity index (χ1v) is 5.44. The zero-order valence-electron chi connectivity index (χ0n) is 10.1. The van der Waals surface area contributed by atoms with Crippen LogP contribution in [0.5, 0.6) is 5.75 Å². The molecule has 0 unspecified atom stereocenters. The molecule has 2 amide bonds. The van der Waals surface area contributed by atoms with Gasteiger partial charge in [-0.2, -0.15) is 0 Å². The fourth-order valence-corrected chi connectivity index (χ4v) is 1.23. The minimum absolute atomic E-state index is 0.130. The average molecular weight is 258 g/mol. The van der Waals surface area contributed by atoms with E-state index in [1.807, 2.05) is 6.07 Å². The molecule has 0 aliphatic rings. The lowest BCUT2D eigenvalue weighted by Gasteiger charge is -1.93. The van der Waals surface area contributed by atoms with E-state index in [1.165, 1.54) is 24.3 Å². The van der Waals surface area contributed by atoms with Crippen LogP contribution in [-0.4, -0.2) is 16.9 Å². The number of nitrogens with two attached hydrogens (primary N) is 2. The number of phenols is 1. The number of aromatic hydroxyl groups is 1. The number of rotatable bonds is 2. The third-order valence-corrected chi connectivity index (χ3v) is 2.21. The van der Waals surface area contributed by atoms with Crippen molar-refractivity contribution in [3.63, 3.8) is 0 Å². The molecule has 0 fully saturated rings. The van der Waals surface area contributed by atoms with Crippen molar-refractivity contribution < 1.29 is 14.7 Å². The molecule has 5 nitrogen and oxygen atoms in total. The highest BCUT2D eigenvalue weighted by Crippen LogP contribution is 2.08. The largest absolute Gasteiger partial charge is 0.508 e. The number of benzene rings is 2. The number of amides is 2. The molecule has 0 saturated heterocycles. The number of hydrogen-bond acceptors (Lipinski definition) is 3. The van der Waals surface area contributed by atoms with E-state index in [-0.39, 0.29) is 11.7 Å². The molecule has 0 atom stereocenters. The molecule has 2 aromatic rings. The molecule has 0 aliphatic heterocycles. The highest BCUT2D eigenvalue weighted by atomic mass is 16.3. The molecule has 98 valence electrons. The van der Waals surface area contributed by atoms with Gasteiger partial charge in [0.2, 0.25) is 11.8 Å². The molecular weight excluding hydrogens is 244 g/mol. The van der Waals surface area contributed by atoms with Crippen LogP contribution in [0.25, 0.3) is 0 Å². The van der Waals surface area contributed by atoms with Crippen molar-refractivity contribution in [2.45, 2.75) is 0 Å². The lowest BCUT2D eigenvalue weighted by molar-refractivity contribution is 0.0992. The van der Waals surface area contributed by atoms with Crippen LogP contribution >= 0.6 is 0 Å². The minimum Gasteiger partial charge on any atom is -0.508 e. The highest BCUT2D eigenvalue weighted by molar-refractivity contribution is 5.93. The summed E-state index contributed by atoms with van der Waals surface area (Å²) in [5.74, 6) is -0.736. The lowest BCUT2D eigenvalue weighted by atomic mass is 10.2. The van der Waals surface area contributed by atoms with Crippen molar-refractivity contribution in [2.24, 2.45) is 11.5 Å². The van der Waals surface area contributed by atoms with Crippen molar-refractivity contribution in [1.82, 2.24) is 0 Å². The number of carbonyl (C=O) groups excluding carboxylic acids is 2. The number of hydrogen-bond donors (Lipinski definition) is 3. The molecule has 0 saturated carbocycles. The van der Waals surface area contributed by atoms with Gasteiger partial charge in [0.1, 0.15) is 5.75 Å². The lowest BCUT2D eigenvalue weighted by Crippen LogP contribution is -2.10. The topological polar surface area (TPSA) is 106 Å². The van der Waals surface area contributed by atoms with Gasteiger partial charge in [0, 0.05) is 11.1 Å². The zero-order valence-corrected chi connectivity index (χ0v) is 10.1. The fraction of sp³-hybridized carbons (Fsp3) is 0. The van der Waals surface area contributed by atoms with Gasteiger partial charge in [0.15, 0.2) is 0 Å². The Balaban J connectivity index is 0.000000191. The van der Waals surface area contributed by atoms with Gasteiger partial charge in [-0.05, 0) is 36.4 Å². The summed E-state index contributed by atoms with van der Waals surface area (Å²) in [5.41, 5.74) is 10.9. The van der Waals surface area contributed by atoms with Gasteiger partial charge in [-0.15, -0.1) is 0 Å². The maximum atomic E-state index is 10.5. The third-order valence-electron chi connectivity index (χ3n) is 2.21. The van der Waals surface area contributed by atoms with Crippen LogP contribution in [-0.2, 0) is 0 Å². The molecule has 19 heavy (non-hydrogen) atoms. The van der Waals surface area contributed by atoms with Crippen LogP contribution in [0.2, 0.25) is 0 Å². The molecule has 0 radical (unpaired) electrons. The highest BCUT2D eigenvalue weighted by Gasteiger charge is 1.97. The fourth-order valence-electron chi connectivity index (χ4n) is 1.23. The molecule has 0 spiro atoms. The molecule has 0 heterocycles. The monoisotopic (exact) mass is 258 g/mol. The second-order valence-electron chi connectivity index (χ2n) is 3.64. The summed E-state index contributed by atoms with van der Waals surface area (Å²) < 4.78 is 0. The standard InChI is InChI=1S/C7H7NO2.C7H7NO/c8-7(10)5-1-3-6(9)4-2-5;8-7(9)6-4-2-1-3-5-6/h1-4,9H,(H2,8,10);1-5H,(H2,8,9). The molecule has 5 N–H and O–H groups in total. The smallest absolute Gasteiger partial charge is 0.248 e. The van der Waals surface area contributed by atoms with E-state index in [0.29, 0.717) is 11.1 Å². The van der Waals surface area contributed by atoms with Gasteiger partial charge < -0.3 is 16.6 Å². The second-order valence-corrected chi connectivity index (χ2v) is 3.64. The predicted octanol–water partition coefficient (Wildman–Crippen LogP) is 1.28. The van der Waals surface area contributed by atoms with Gasteiger partial charge >= 0.3 is 0 Å². The maximum Gasteiger partial charge on any atom is 0.248 e. The minimum atomic E-state index is -0.486. The van der Waals surface area contributed by atoms with Crippen molar-refractivity contribution >= 4 is 11.8 Å². The van der Waals surface area contributed by atoms with Crippen LogP contribution in [0, 0.1) is 0 Å². The molecular formula is C14H14N2O3. The van der Waals surface area contributed by atoms with E-state index in [1.54, 1.807) is 24.3 Å². The Morgan fingerprint density at radius 2 is 1.16 bits per heavy atom. The SMILES string of the molecule is NC(=O)c1ccc(O)cc1.NC(=O)c1ccccc1. The average Bonchev–Trinajstić information content (AvgIpc) is 2.41. The first-order chi connectivity index (χ1) is 9.00. The summed E-state index contributed by atoms with van der Waals surface area (Å²) in [4.78, 5) is 20.9. The molecule has 0 bridgehead atoms. The summed E-state index contributed by atoms with van der Waals surface area (Å²) >= 11 is 0. The maximum absolute atomic E-state index is 10.5. The Morgan fingerprint density at radius 3 is 1.53 bits per heavy atom. The Hall–Kier alpha value is -2.82. The van der Waals surface area contributed by atoms with Gasteiger partial charge in [0.25, 0.3) is 0 Å². The van der Waals surface area contributed by atoms with Gasteiger partial charge in [0.05, 0.1) is 0 Å². The van der Waals surface area contributed by atoms with E-state index in [0.717, 1.165) is 0 Å². The van der Waals surface area contributed by atoms with Crippen molar-refractivity contribution in [2.75, 3.05) is 0 Å². The number of primary amides is 2. The predicted molar refractivity (Wildman–Crippen MR) is 71.6 cm³/mol.